The Hall–Kier alpha value is -2.94. The van der Waals surface area contributed by atoms with Crippen molar-refractivity contribution in [3.63, 3.8) is 0 Å². The maximum Gasteiger partial charge on any atom is 0.343 e. The Balaban J connectivity index is 0.00000241. The van der Waals surface area contributed by atoms with Gasteiger partial charge in [-0.2, -0.15) is 0 Å². The Labute approximate surface area is 202 Å². The van der Waals surface area contributed by atoms with Gasteiger partial charge in [0.25, 0.3) is 5.56 Å². The number of carbonyl (C=O) groups is 1. The molecule has 0 aliphatic carbocycles. The lowest BCUT2D eigenvalue weighted by Gasteiger charge is -2.33. The SMILES string of the molecule is CC[C@@]1(O)C(=O)OCc2c1cc1n(c2=O)Cc2c-1nc1ccc(C)c3c1c2CCN3CCN.Cl. The van der Waals surface area contributed by atoms with Gasteiger partial charge in [-0.3, -0.25) is 4.79 Å². The lowest BCUT2D eigenvalue weighted by Crippen LogP contribution is -2.44. The van der Waals surface area contributed by atoms with Crippen LogP contribution in [-0.4, -0.2) is 40.3 Å². The molecule has 3 aliphatic rings. The number of nitrogens with zero attached hydrogens (tertiary/aromatic N) is 3. The van der Waals surface area contributed by atoms with Gasteiger partial charge < -0.3 is 25.0 Å². The molecule has 0 amide bonds. The molecule has 2 aromatic heterocycles. The molecule has 178 valence electrons. The number of halogens is 1. The number of ether oxygens (including phenoxy) is 1. The van der Waals surface area contributed by atoms with Crippen molar-refractivity contribution < 1.29 is 14.6 Å². The predicted octanol–water partition coefficient (Wildman–Crippen LogP) is 2.13. The topological polar surface area (TPSA) is 111 Å². The summed E-state index contributed by atoms with van der Waals surface area (Å²) in [7, 11) is 0. The molecule has 0 radical (unpaired) electrons. The van der Waals surface area contributed by atoms with Crippen LogP contribution in [0.4, 0.5) is 5.69 Å². The number of aromatic nitrogens is 2. The first-order chi connectivity index (χ1) is 15.9. The molecule has 3 N–H and O–H groups in total. The molecular weight excluding hydrogens is 456 g/mol. The maximum atomic E-state index is 13.5. The number of rotatable bonds is 3. The van der Waals surface area contributed by atoms with E-state index in [1.165, 1.54) is 16.8 Å². The Morgan fingerprint density at radius 3 is 2.76 bits per heavy atom. The average Bonchev–Trinajstić information content (AvgIpc) is 3.19. The molecule has 0 unspecified atom stereocenters. The number of aliphatic hydroxyl groups is 1. The number of cyclic esters (lactones) is 1. The second kappa shape index (κ2) is 7.80. The van der Waals surface area contributed by atoms with E-state index in [0.29, 0.717) is 29.9 Å². The summed E-state index contributed by atoms with van der Waals surface area (Å²) in [6.07, 6.45) is 0.978. The van der Waals surface area contributed by atoms with Crippen LogP contribution in [-0.2, 0) is 34.7 Å². The van der Waals surface area contributed by atoms with Crippen LogP contribution in [0.25, 0.3) is 22.3 Å². The summed E-state index contributed by atoms with van der Waals surface area (Å²) in [6.45, 7) is 6.35. The van der Waals surface area contributed by atoms with Crippen molar-refractivity contribution in [2.24, 2.45) is 5.73 Å². The van der Waals surface area contributed by atoms with Gasteiger partial charge in [0.1, 0.15) is 6.61 Å². The summed E-state index contributed by atoms with van der Waals surface area (Å²) < 4.78 is 6.88. The second-order valence-electron chi connectivity index (χ2n) is 9.17. The number of nitrogens with two attached hydrogens (primary N) is 1. The average molecular weight is 483 g/mol. The van der Waals surface area contributed by atoms with Crippen LogP contribution < -0.4 is 16.2 Å². The number of hydrogen-bond donors (Lipinski definition) is 2. The zero-order chi connectivity index (χ0) is 23.1. The first-order valence-electron chi connectivity index (χ1n) is 11.5. The van der Waals surface area contributed by atoms with E-state index >= 15 is 0 Å². The fourth-order valence-corrected chi connectivity index (χ4v) is 5.77. The number of carbonyl (C=O) groups excluding carboxylic acids is 1. The Morgan fingerprint density at radius 2 is 2.03 bits per heavy atom. The Morgan fingerprint density at radius 1 is 1.24 bits per heavy atom. The zero-order valence-corrected chi connectivity index (χ0v) is 20.0. The highest BCUT2D eigenvalue weighted by molar-refractivity contribution is 6.00. The van der Waals surface area contributed by atoms with E-state index in [0.717, 1.165) is 41.7 Å². The molecule has 1 aromatic carbocycles. The highest BCUT2D eigenvalue weighted by atomic mass is 35.5. The highest BCUT2D eigenvalue weighted by Gasteiger charge is 2.45. The van der Waals surface area contributed by atoms with Crippen LogP contribution in [0.1, 0.15) is 41.2 Å². The summed E-state index contributed by atoms with van der Waals surface area (Å²) in [4.78, 5) is 33.2. The van der Waals surface area contributed by atoms with E-state index in [9.17, 15) is 14.7 Å². The minimum Gasteiger partial charge on any atom is -0.458 e. The lowest BCUT2D eigenvalue weighted by atomic mass is 9.86. The summed E-state index contributed by atoms with van der Waals surface area (Å²) in [5.74, 6) is -0.707. The van der Waals surface area contributed by atoms with Gasteiger partial charge in [-0.25, -0.2) is 9.78 Å². The third kappa shape index (κ3) is 2.82. The fraction of sp³-hybridized carbons (Fsp3) is 0.400. The van der Waals surface area contributed by atoms with E-state index in [-0.39, 0.29) is 31.0 Å². The molecule has 0 spiro atoms. The van der Waals surface area contributed by atoms with Crippen molar-refractivity contribution in [2.75, 3.05) is 24.5 Å². The molecule has 0 fully saturated rings. The van der Waals surface area contributed by atoms with Crippen molar-refractivity contribution in [1.29, 1.82) is 0 Å². The van der Waals surface area contributed by atoms with Gasteiger partial charge in [-0.1, -0.05) is 13.0 Å². The minimum atomic E-state index is -1.82. The first kappa shape index (κ1) is 22.8. The molecular formula is C25H27ClN4O4. The fourth-order valence-electron chi connectivity index (χ4n) is 5.77. The van der Waals surface area contributed by atoms with E-state index in [1.54, 1.807) is 17.6 Å². The summed E-state index contributed by atoms with van der Waals surface area (Å²) in [5.41, 5.74) is 11.5. The number of aryl methyl sites for hydroxylation is 1. The van der Waals surface area contributed by atoms with Crippen molar-refractivity contribution in [2.45, 2.75) is 45.4 Å². The minimum absolute atomic E-state index is 0. The molecule has 8 nitrogen and oxygen atoms in total. The monoisotopic (exact) mass is 482 g/mol. The van der Waals surface area contributed by atoms with Gasteiger partial charge in [-0.15, -0.1) is 12.4 Å². The van der Waals surface area contributed by atoms with Crippen molar-refractivity contribution in [1.82, 2.24) is 9.55 Å². The van der Waals surface area contributed by atoms with Gasteiger partial charge in [0.2, 0.25) is 0 Å². The van der Waals surface area contributed by atoms with Crippen LogP contribution in [0.15, 0.2) is 23.0 Å². The Bertz CT molecular complexity index is 1430. The number of esters is 1. The Kier molecular flexibility index (Phi) is 5.24. The van der Waals surface area contributed by atoms with Crippen LogP contribution >= 0.6 is 12.4 Å². The number of benzene rings is 1. The van der Waals surface area contributed by atoms with Gasteiger partial charge in [-0.05, 0) is 43.0 Å². The molecule has 0 bridgehead atoms. The molecule has 3 aromatic rings. The number of fused-ring (bicyclic) bond motifs is 5. The third-order valence-corrected chi connectivity index (χ3v) is 7.49. The van der Waals surface area contributed by atoms with Crippen LogP contribution in [0.2, 0.25) is 0 Å². The molecule has 5 heterocycles. The summed E-state index contributed by atoms with van der Waals surface area (Å²) >= 11 is 0. The first-order valence-corrected chi connectivity index (χ1v) is 11.5. The van der Waals surface area contributed by atoms with Gasteiger partial charge in [0.15, 0.2) is 5.60 Å². The number of hydrogen-bond acceptors (Lipinski definition) is 7. The summed E-state index contributed by atoms with van der Waals surface area (Å²) in [6, 6.07) is 5.88. The lowest BCUT2D eigenvalue weighted by molar-refractivity contribution is -0.172. The van der Waals surface area contributed by atoms with Crippen molar-refractivity contribution in [3.8, 4) is 11.4 Å². The largest absolute Gasteiger partial charge is 0.458 e. The van der Waals surface area contributed by atoms with Gasteiger partial charge in [0, 0.05) is 41.8 Å². The molecule has 3 aliphatic heterocycles. The zero-order valence-electron chi connectivity index (χ0n) is 19.2. The van der Waals surface area contributed by atoms with E-state index in [4.69, 9.17) is 15.5 Å². The van der Waals surface area contributed by atoms with Gasteiger partial charge >= 0.3 is 5.97 Å². The highest BCUT2D eigenvalue weighted by Crippen LogP contribution is 2.44. The van der Waals surface area contributed by atoms with E-state index in [1.807, 2.05) is 6.07 Å². The van der Waals surface area contributed by atoms with Crippen LogP contribution in [0.5, 0.6) is 0 Å². The van der Waals surface area contributed by atoms with Crippen molar-refractivity contribution >= 4 is 35.0 Å². The number of anilines is 1. The number of pyridine rings is 2. The molecule has 9 heteroatoms. The smallest absolute Gasteiger partial charge is 0.343 e. The van der Waals surface area contributed by atoms with Gasteiger partial charge in [0.05, 0.1) is 29.0 Å². The summed E-state index contributed by atoms with van der Waals surface area (Å²) in [5, 5.41) is 12.2. The maximum absolute atomic E-state index is 13.5. The molecule has 6 rings (SSSR count). The van der Waals surface area contributed by atoms with E-state index in [2.05, 4.69) is 17.9 Å². The second-order valence-corrected chi connectivity index (χ2v) is 9.17. The van der Waals surface area contributed by atoms with E-state index < -0.39 is 11.6 Å². The quantitative estimate of drug-likeness (QED) is 0.430. The third-order valence-electron chi connectivity index (χ3n) is 7.49. The molecule has 34 heavy (non-hydrogen) atoms. The molecule has 1 atom stereocenters. The molecule has 0 saturated carbocycles. The standard InChI is InChI=1S/C25H26N4O4.ClH/c1-3-25(32)17-10-19-21-15(11-29(19)23(30)16(17)12-33-24(25)31)14-6-8-28(9-7-26)22-13(2)4-5-18(27-21)20(14)22;/h4-5,10,32H,3,6-9,11-12,26H2,1-2H3;1H/t25-;/m0./s1. The molecule has 0 saturated heterocycles. The normalized spacial score (nSPS) is 19.9. The predicted molar refractivity (Wildman–Crippen MR) is 131 cm³/mol. The van der Waals surface area contributed by atoms with Crippen LogP contribution in [0, 0.1) is 6.92 Å². The van der Waals surface area contributed by atoms with Crippen molar-refractivity contribution in [3.05, 3.63) is 56.4 Å². The van der Waals surface area contributed by atoms with Crippen LogP contribution in [0.3, 0.4) is 0 Å².